The van der Waals surface area contributed by atoms with E-state index in [0.717, 1.165) is 24.3 Å². The summed E-state index contributed by atoms with van der Waals surface area (Å²) in [5.74, 6) is 2.35. The standard InChI is InChI=1S/C27H30N4O2/c1-17(2)32-25-12-9-19(14-20(25)15-28)27-29-26(30-33-27)23-8-4-7-22-21(23)10-11-24(22)31-13-5-6-18(3)16-31/h4,7-9,12,14,17-18,24H,5-6,10-11,13,16H2,1-3H3. The van der Waals surface area contributed by atoms with Gasteiger partial charge in [-0.15, -0.1) is 0 Å². The highest BCUT2D eigenvalue weighted by atomic mass is 16.5. The summed E-state index contributed by atoms with van der Waals surface area (Å²) in [6, 6.07) is 14.6. The zero-order chi connectivity index (χ0) is 22.9. The molecule has 170 valence electrons. The Kier molecular flexibility index (Phi) is 5.90. The van der Waals surface area contributed by atoms with Gasteiger partial charge in [-0.2, -0.15) is 10.2 Å². The SMILES string of the molecule is CC1CCCN(C2CCc3c(-c4noc(-c5ccc(OC(C)C)c(C#N)c5)n4)cccc32)C1. The lowest BCUT2D eigenvalue weighted by molar-refractivity contribution is 0.129. The number of hydrogen-bond donors (Lipinski definition) is 0. The highest BCUT2D eigenvalue weighted by Crippen LogP contribution is 2.41. The average molecular weight is 443 g/mol. The van der Waals surface area contributed by atoms with Crippen molar-refractivity contribution in [2.45, 2.75) is 58.6 Å². The van der Waals surface area contributed by atoms with E-state index in [1.54, 1.807) is 12.1 Å². The van der Waals surface area contributed by atoms with Gasteiger partial charge in [0.05, 0.1) is 11.7 Å². The molecule has 3 aromatic rings. The predicted octanol–water partition coefficient (Wildman–Crippen LogP) is 5.78. The Morgan fingerprint density at radius 1 is 1.21 bits per heavy atom. The molecule has 33 heavy (non-hydrogen) atoms. The summed E-state index contributed by atoms with van der Waals surface area (Å²) >= 11 is 0. The van der Waals surface area contributed by atoms with Crippen molar-refractivity contribution in [2.75, 3.05) is 13.1 Å². The highest BCUT2D eigenvalue weighted by Gasteiger charge is 2.32. The number of nitriles is 1. The first kappa shape index (κ1) is 21.7. The van der Waals surface area contributed by atoms with E-state index in [1.165, 1.54) is 37.1 Å². The van der Waals surface area contributed by atoms with Gasteiger partial charge in [-0.25, -0.2) is 0 Å². The number of piperidine rings is 1. The lowest BCUT2D eigenvalue weighted by atomic mass is 9.96. The second kappa shape index (κ2) is 8.99. The van der Waals surface area contributed by atoms with E-state index in [1.807, 2.05) is 19.9 Å². The van der Waals surface area contributed by atoms with Crippen molar-refractivity contribution in [3.05, 3.63) is 53.1 Å². The number of aromatic nitrogens is 2. The van der Waals surface area contributed by atoms with Crippen LogP contribution in [-0.2, 0) is 6.42 Å². The molecule has 6 nitrogen and oxygen atoms in total. The first-order chi connectivity index (χ1) is 16.0. The molecule has 1 aromatic heterocycles. The van der Waals surface area contributed by atoms with Gasteiger partial charge in [0.15, 0.2) is 0 Å². The fourth-order valence-electron chi connectivity index (χ4n) is 5.29. The zero-order valence-electron chi connectivity index (χ0n) is 19.5. The van der Waals surface area contributed by atoms with Crippen LogP contribution in [0.5, 0.6) is 5.75 Å². The Labute approximate surface area is 195 Å². The van der Waals surface area contributed by atoms with Gasteiger partial charge in [-0.1, -0.05) is 30.3 Å². The van der Waals surface area contributed by atoms with Crippen LogP contribution in [0.15, 0.2) is 40.9 Å². The molecule has 1 aliphatic heterocycles. The molecule has 2 aromatic carbocycles. The molecule has 0 spiro atoms. The van der Waals surface area contributed by atoms with Crippen LogP contribution in [0.4, 0.5) is 0 Å². The van der Waals surface area contributed by atoms with Crippen molar-refractivity contribution in [3.63, 3.8) is 0 Å². The fourth-order valence-corrected chi connectivity index (χ4v) is 5.29. The fraction of sp³-hybridized carbons (Fsp3) is 0.444. The van der Waals surface area contributed by atoms with Gasteiger partial charge in [0.1, 0.15) is 11.8 Å². The van der Waals surface area contributed by atoms with Gasteiger partial charge < -0.3 is 9.26 Å². The molecule has 6 heteroatoms. The quantitative estimate of drug-likeness (QED) is 0.498. The van der Waals surface area contributed by atoms with Gasteiger partial charge >= 0.3 is 0 Å². The van der Waals surface area contributed by atoms with Crippen LogP contribution in [-0.4, -0.2) is 34.2 Å². The van der Waals surface area contributed by atoms with Crippen LogP contribution in [0.2, 0.25) is 0 Å². The third-order valence-electron chi connectivity index (χ3n) is 6.74. The van der Waals surface area contributed by atoms with Crippen LogP contribution in [0, 0.1) is 17.2 Å². The minimum atomic E-state index is -0.00453. The highest BCUT2D eigenvalue weighted by molar-refractivity contribution is 5.67. The third kappa shape index (κ3) is 4.26. The number of likely N-dealkylation sites (tertiary alicyclic amines) is 1. The van der Waals surface area contributed by atoms with Gasteiger partial charge in [0.2, 0.25) is 5.82 Å². The molecule has 1 aliphatic carbocycles. The molecular formula is C27H30N4O2. The lowest BCUT2D eigenvalue weighted by Gasteiger charge is -2.36. The van der Waals surface area contributed by atoms with Crippen molar-refractivity contribution < 1.29 is 9.26 Å². The molecule has 0 amide bonds. The number of hydrogen-bond acceptors (Lipinski definition) is 6. The van der Waals surface area contributed by atoms with Gasteiger partial charge in [0.25, 0.3) is 5.89 Å². The molecule has 0 bridgehead atoms. The van der Waals surface area contributed by atoms with Crippen molar-refractivity contribution in [2.24, 2.45) is 5.92 Å². The zero-order valence-corrected chi connectivity index (χ0v) is 19.5. The summed E-state index contributed by atoms with van der Waals surface area (Å²) < 4.78 is 11.3. The number of ether oxygens (including phenoxy) is 1. The molecule has 1 fully saturated rings. The van der Waals surface area contributed by atoms with E-state index < -0.39 is 0 Å². The average Bonchev–Trinajstić information content (AvgIpc) is 3.46. The van der Waals surface area contributed by atoms with Crippen molar-refractivity contribution in [1.29, 1.82) is 5.26 Å². The van der Waals surface area contributed by atoms with Crippen LogP contribution in [0.1, 0.15) is 62.8 Å². The Morgan fingerprint density at radius 3 is 2.88 bits per heavy atom. The Hall–Kier alpha value is -3.17. The molecule has 0 radical (unpaired) electrons. The third-order valence-corrected chi connectivity index (χ3v) is 6.74. The molecule has 5 rings (SSSR count). The van der Waals surface area contributed by atoms with Crippen molar-refractivity contribution in [1.82, 2.24) is 15.0 Å². The second-order valence-corrected chi connectivity index (χ2v) is 9.58. The molecule has 0 saturated carbocycles. The normalized spacial score (nSPS) is 20.6. The number of rotatable bonds is 5. The van der Waals surface area contributed by atoms with Crippen LogP contribution in [0.3, 0.4) is 0 Å². The van der Waals surface area contributed by atoms with E-state index in [2.05, 4.69) is 41.2 Å². The summed E-state index contributed by atoms with van der Waals surface area (Å²) in [5.41, 5.74) is 4.98. The molecule has 2 aliphatic rings. The molecule has 1 saturated heterocycles. The Morgan fingerprint density at radius 2 is 2.09 bits per heavy atom. The van der Waals surface area contributed by atoms with Crippen LogP contribution >= 0.6 is 0 Å². The minimum absolute atomic E-state index is 0.00453. The summed E-state index contributed by atoms with van der Waals surface area (Å²) in [5, 5.41) is 13.8. The summed E-state index contributed by atoms with van der Waals surface area (Å²) in [6.45, 7) is 8.60. The van der Waals surface area contributed by atoms with Crippen LogP contribution < -0.4 is 4.74 Å². The second-order valence-electron chi connectivity index (χ2n) is 9.58. The molecule has 0 N–H and O–H groups in total. The van der Waals surface area contributed by atoms with Crippen LogP contribution in [0.25, 0.3) is 22.8 Å². The molecule has 2 atom stereocenters. The minimum Gasteiger partial charge on any atom is -0.490 e. The Balaban J connectivity index is 1.43. The largest absolute Gasteiger partial charge is 0.490 e. The predicted molar refractivity (Wildman–Crippen MR) is 127 cm³/mol. The maximum atomic E-state index is 9.54. The maximum Gasteiger partial charge on any atom is 0.258 e. The van der Waals surface area contributed by atoms with E-state index in [-0.39, 0.29) is 6.10 Å². The lowest BCUT2D eigenvalue weighted by Crippen LogP contribution is -2.36. The van der Waals surface area contributed by atoms with Gasteiger partial charge in [0, 0.05) is 23.7 Å². The number of fused-ring (bicyclic) bond motifs is 1. The summed E-state index contributed by atoms with van der Waals surface area (Å²) in [6.07, 6.45) is 4.79. The summed E-state index contributed by atoms with van der Waals surface area (Å²) in [4.78, 5) is 7.36. The first-order valence-corrected chi connectivity index (χ1v) is 11.9. The van der Waals surface area contributed by atoms with Gasteiger partial charge in [-0.3, -0.25) is 4.90 Å². The number of benzene rings is 2. The molecule has 2 heterocycles. The topological polar surface area (TPSA) is 75.2 Å². The van der Waals surface area contributed by atoms with Crippen molar-refractivity contribution >= 4 is 0 Å². The molecule has 2 unspecified atom stereocenters. The Bertz CT molecular complexity index is 1190. The van der Waals surface area contributed by atoms with E-state index in [4.69, 9.17) is 14.2 Å². The molecular weight excluding hydrogens is 412 g/mol. The smallest absolute Gasteiger partial charge is 0.258 e. The first-order valence-electron chi connectivity index (χ1n) is 11.9. The monoisotopic (exact) mass is 442 g/mol. The van der Waals surface area contributed by atoms with E-state index in [0.29, 0.717) is 34.6 Å². The van der Waals surface area contributed by atoms with E-state index in [9.17, 15) is 5.26 Å². The van der Waals surface area contributed by atoms with Gasteiger partial charge in [-0.05, 0) is 81.3 Å². The van der Waals surface area contributed by atoms with E-state index >= 15 is 0 Å². The van der Waals surface area contributed by atoms with Crippen molar-refractivity contribution in [3.8, 4) is 34.7 Å². The number of nitrogens with zero attached hydrogens (tertiary/aromatic N) is 4. The maximum absolute atomic E-state index is 9.54. The summed E-state index contributed by atoms with van der Waals surface area (Å²) in [7, 11) is 0.